The Labute approximate surface area is 121 Å². The van der Waals surface area contributed by atoms with Gasteiger partial charge >= 0.3 is 5.97 Å². The van der Waals surface area contributed by atoms with Crippen LogP contribution in [0.1, 0.15) is 48.0 Å². The van der Waals surface area contributed by atoms with Crippen molar-refractivity contribution in [1.29, 1.82) is 0 Å². The summed E-state index contributed by atoms with van der Waals surface area (Å²) < 4.78 is 5.74. The van der Waals surface area contributed by atoms with Gasteiger partial charge in [-0.05, 0) is 35.1 Å². The van der Waals surface area contributed by atoms with Gasteiger partial charge in [0.1, 0.15) is 0 Å². The first-order valence-corrected chi connectivity index (χ1v) is 7.09. The van der Waals surface area contributed by atoms with Gasteiger partial charge in [-0.1, -0.05) is 41.5 Å². The van der Waals surface area contributed by atoms with Gasteiger partial charge in [0.25, 0.3) is 0 Å². The van der Waals surface area contributed by atoms with E-state index in [-0.39, 0.29) is 22.6 Å². The quantitative estimate of drug-likeness (QED) is 0.636. The molecule has 1 heterocycles. The van der Waals surface area contributed by atoms with Crippen molar-refractivity contribution < 1.29 is 14.3 Å². The first-order valence-electron chi connectivity index (χ1n) is 7.09. The predicted molar refractivity (Wildman–Crippen MR) is 78.1 cm³/mol. The molecule has 1 aliphatic carbocycles. The molecule has 0 atom stereocenters. The van der Waals surface area contributed by atoms with Gasteiger partial charge in [0, 0.05) is 6.42 Å². The van der Waals surface area contributed by atoms with Crippen molar-refractivity contribution in [3.05, 3.63) is 24.3 Å². The van der Waals surface area contributed by atoms with Crippen molar-refractivity contribution in [3.8, 4) is 0 Å². The van der Waals surface area contributed by atoms with Crippen molar-refractivity contribution in [2.45, 2.75) is 53.6 Å². The lowest BCUT2D eigenvalue weighted by molar-refractivity contribution is -0.162. The third-order valence-electron chi connectivity index (χ3n) is 4.79. The number of carbonyl (C=O) groups excluding carboxylic acids is 2. The highest BCUT2D eigenvalue weighted by Crippen LogP contribution is 2.61. The third kappa shape index (κ3) is 1.95. The minimum Gasteiger partial charge on any atom is -0.450 e. The average Bonchev–Trinajstić information content (AvgIpc) is 2.56. The molecule has 1 fully saturated rings. The van der Waals surface area contributed by atoms with Crippen LogP contribution >= 0.6 is 0 Å². The van der Waals surface area contributed by atoms with Crippen LogP contribution in [0.15, 0.2) is 24.3 Å². The van der Waals surface area contributed by atoms with Crippen LogP contribution in [0.2, 0.25) is 0 Å². The molecule has 3 nitrogen and oxygen atoms in total. The molecule has 1 spiro atoms. The van der Waals surface area contributed by atoms with Gasteiger partial charge in [-0.3, -0.25) is 9.59 Å². The molecule has 1 aliphatic heterocycles. The van der Waals surface area contributed by atoms with Crippen LogP contribution in [-0.4, -0.2) is 17.4 Å². The smallest absolute Gasteiger partial charge is 0.314 e. The zero-order valence-corrected chi connectivity index (χ0v) is 13.2. The van der Waals surface area contributed by atoms with Crippen LogP contribution in [-0.2, 0) is 14.3 Å². The molecule has 0 unspecified atom stereocenters. The van der Waals surface area contributed by atoms with Crippen molar-refractivity contribution in [3.63, 3.8) is 0 Å². The Hall–Kier alpha value is -1.38. The number of carbonyl (C=O) groups is 2. The summed E-state index contributed by atoms with van der Waals surface area (Å²) >= 11 is 0. The molecule has 0 saturated carbocycles. The summed E-state index contributed by atoms with van der Waals surface area (Å²) in [6.07, 6.45) is 7.02. The monoisotopic (exact) mass is 276 g/mol. The molecule has 3 heteroatoms. The fourth-order valence-corrected chi connectivity index (χ4v) is 3.79. The molecule has 2 aliphatic rings. The molecule has 0 N–H and O–H groups in total. The molecule has 0 aromatic heterocycles. The zero-order valence-electron chi connectivity index (χ0n) is 13.2. The number of rotatable bonds is 0. The van der Waals surface area contributed by atoms with Crippen LogP contribution in [0.5, 0.6) is 0 Å². The van der Waals surface area contributed by atoms with Gasteiger partial charge in [-0.15, -0.1) is 0 Å². The molecular weight excluding hydrogens is 252 g/mol. The molecule has 0 radical (unpaired) electrons. The predicted octanol–water partition coefficient (Wildman–Crippen LogP) is 3.45. The van der Waals surface area contributed by atoms with E-state index in [1.807, 2.05) is 0 Å². The minimum atomic E-state index is -0.758. The molecule has 0 aromatic rings. The second-order valence-corrected chi connectivity index (χ2v) is 8.00. The van der Waals surface area contributed by atoms with E-state index in [2.05, 4.69) is 41.5 Å². The normalized spacial score (nSPS) is 24.3. The molecule has 1 saturated heterocycles. The molecule has 0 bridgehead atoms. The number of hydrogen-bond donors (Lipinski definition) is 0. The average molecular weight is 276 g/mol. The van der Waals surface area contributed by atoms with E-state index in [0.717, 1.165) is 0 Å². The molecule has 2 rings (SSSR count). The van der Waals surface area contributed by atoms with E-state index < -0.39 is 11.0 Å². The van der Waals surface area contributed by atoms with E-state index in [0.29, 0.717) is 6.42 Å². The van der Waals surface area contributed by atoms with Crippen LogP contribution in [0, 0.1) is 16.2 Å². The third-order valence-corrected chi connectivity index (χ3v) is 4.79. The van der Waals surface area contributed by atoms with Crippen LogP contribution < -0.4 is 0 Å². The highest BCUT2D eigenvalue weighted by molar-refractivity contribution is 6.01. The van der Waals surface area contributed by atoms with E-state index >= 15 is 0 Å². The number of hydrogen-bond acceptors (Lipinski definition) is 3. The maximum absolute atomic E-state index is 12.8. The van der Waals surface area contributed by atoms with Crippen molar-refractivity contribution in [1.82, 2.24) is 0 Å². The maximum Gasteiger partial charge on any atom is 0.314 e. The standard InChI is InChI=1S/C17H24O3/c1-14(2,3)17(15(4,5)6)11-16(20-13(17)19)9-7-12(18)8-10-16/h7-10H,11H2,1-6H3. The van der Waals surface area contributed by atoms with Crippen LogP contribution in [0.25, 0.3) is 0 Å². The lowest BCUT2D eigenvalue weighted by Gasteiger charge is -2.48. The minimum absolute atomic E-state index is 0.0595. The zero-order chi connectivity index (χ0) is 15.4. The summed E-state index contributed by atoms with van der Waals surface area (Å²) in [5, 5.41) is 0. The summed E-state index contributed by atoms with van der Waals surface area (Å²) in [5.74, 6) is -0.225. The van der Waals surface area contributed by atoms with E-state index in [1.165, 1.54) is 12.2 Å². The number of ether oxygens (including phenoxy) is 1. The lowest BCUT2D eigenvalue weighted by atomic mass is 9.52. The molecule has 0 aromatic carbocycles. The van der Waals surface area contributed by atoms with Gasteiger partial charge < -0.3 is 4.74 Å². The Bertz CT molecular complexity index is 479. The largest absolute Gasteiger partial charge is 0.450 e. The fourth-order valence-electron chi connectivity index (χ4n) is 3.79. The Morgan fingerprint density at radius 3 is 1.75 bits per heavy atom. The molecule has 0 amide bonds. The summed E-state index contributed by atoms with van der Waals surface area (Å²) in [7, 11) is 0. The Kier molecular flexibility index (Phi) is 3.05. The van der Waals surface area contributed by atoms with Crippen molar-refractivity contribution in [2.24, 2.45) is 16.2 Å². The van der Waals surface area contributed by atoms with Crippen molar-refractivity contribution >= 4 is 11.8 Å². The Balaban J connectivity index is 2.53. The number of ketones is 1. The first kappa shape index (κ1) is 15.0. The first-order chi connectivity index (χ1) is 8.94. The SMILES string of the molecule is CC(C)(C)C1(C(C)(C)C)CC2(C=CC(=O)C=C2)OC1=O. The summed E-state index contributed by atoms with van der Waals surface area (Å²) in [6, 6.07) is 0. The topological polar surface area (TPSA) is 43.4 Å². The Morgan fingerprint density at radius 1 is 0.950 bits per heavy atom. The van der Waals surface area contributed by atoms with Gasteiger partial charge in [0.05, 0.1) is 5.41 Å². The molecule has 20 heavy (non-hydrogen) atoms. The highest BCUT2D eigenvalue weighted by Gasteiger charge is 2.65. The molecular formula is C17H24O3. The lowest BCUT2D eigenvalue weighted by Crippen LogP contribution is -2.50. The number of allylic oxidation sites excluding steroid dienone is 2. The maximum atomic E-state index is 12.8. The second-order valence-electron chi connectivity index (χ2n) is 8.00. The van der Waals surface area contributed by atoms with Gasteiger partial charge in [0.2, 0.25) is 0 Å². The van der Waals surface area contributed by atoms with E-state index in [9.17, 15) is 9.59 Å². The highest BCUT2D eigenvalue weighted by atomic mass is 16.6. The van der Waals surface area contributed by atoms with Gasteiger partial charge in [0.15, 0.2) is 11.4 Å². The summed E-state index contributed by atoms with van der Waals surface area (Å²) in [5.41, 5.74) is -1.80. The number of esters is 1. The summed E-state index contributed by atoms with van der Waals surface area (Å²) in [6.45, 7) is 12.5. The fraction of sp³-hybridized carbons (Fsp3) is 0.647. The van der Waals surface area contributed by atoms with E-state index in [1.54, 1.807) is 12.2 Å². The van der Waals surface area contributed by atoms with E-state index in [4.69, 9.17) is 4.74 Å². The Morgan fingerprint density at radius 2 is 1.40 bits per heavy atom. The second kappa shape index (κ2) is 4.06. The van der Waals surface area contributed by atoms with Crippen molar-refractivity contribution in [2.75, 3.05) is 0 Å². The summed E-state index contributed by atoms with van der Waals surface area (Å²) in [4.78, 5) is 24.1. The molecule has 110 valence electrons. The van der Waals surface area contributed by atoms with Crippen LogP contribution in [0.3, 0.4) is 0 Å². The van der Waals surface area contributed by atoms with Crippen LogP contribution in [0.4, 0.5) is 0 Å². The van der Waals surface area contributed by atoms with Gasteiger partial charge in [-0.2, -0.15) is 0 Å². The van der Waals surface area contributed by atoms with Gasteiger partial charge in [-0.25, -0.2) is 0 Å².